The van der Waals surface area contributed by atoms with E-state index in [4.69, 9.17) is 18.9 Å². The number of nitrogens with zero attached hydrogens (tertiary/aromatic N) is 2. The van der Waals surface area contributed by atoms with Crippen molar-refractivity contribution in [2.45, 2.75) is 110 Å². The van der Waals surface area contributed by atoms with Crippen LogP contribution in [-0.2, 0) is 33.4 Å². The largest absolute Gasteiger partial charge is 0.497 e. The van der Waals surface area contributed by atoms with Crippen LogP contribution in [0.4, 0.5) is 0 Å². The summed E-state index contributed by atoms with van der Waals surface area (Å²) >= 11 is 0. The SMILES string of the molecule is CC[C@H](C)C([C@@H](CC(=O)N1C[C@H](OC)C[C@H]1[C@H](OC)[C@@H](C)C(=O)NCC(=O)c1ccc(OC)cc1)OC)N(C)C(=O)[C@@H](NC(=O)[C@@H](NC)C(C)C)C(C)C. The third-order valence-electron chi connectivity index (χ3n) is 10.9. The van der Waals surface area contributed by atoms with E-state index in [1.54, 1.807) is 69.3 Å². The fourth-order valence-corrected chi connectivity index (χ4v) is 7.41. The van der Waals surface area contributed by atoms with Crippen LogP contribution in [0, 0.1) is 23.7 Å². The van der Waals surface area contributed by atoms with Gasteiger partial charge in [-0.3, -0.25) is 24.0 Å². The van der Waals surface area contributed by atoms with E-state index in [-0.39, 0.29) is 72.8 Å². The number of ketones is 1. The number of rotatable bonds is 22. The van der Waals surface area contributed by atoms with E-state index in [9.17, 15) is 24.0 Å². The summed E-state index contributed by atoms with van der Waals surface area (Å²) < 4.78 is 22.8. The second kappa shape index (κ2) is 22.1. The lowest BCUT2D eigenvalue weighted by molar-refractivity contribution is -0.147. The van der Waals surface area contributed by atoms with Gasteiger partial charge in [-0.15, -0.1) is 0 Å². The van der Waals surface area contributed by atoms with Crippen molar-refractivity contribution in [1.29, 1.82) is 0 Å². The van der Waals surface area contributed by atoms with Gasteiger partial charge in [-0.2, -0.15) is 0 Å². The van der Waals surface area contributed by atoms with Gasteiger partial charge in [0.15, 0.2) is 5.78 Å². The first kappa shape index (κ1) is 46.6. The van der Waals surface area contributed by atoms with Crippen molar-refractivity contribution in [2.75, 3.05) is 55.6 Å². The van der Waals surface area contributed by atoms with Crippen LogP contribution in [0.25, 0.3) is 0 Å². The van der Waals surface area contributed by atoms with E-state index in [1.807, 2.05) is 41.5 Å². The monoisotopic (exact) mass is 761 g/mol. The first-order valence-electron chi connectivity index (χ1n) is 19.1. The second-order valence-corrected chi connectivity index (χ2v) is 15.1. The summed E-state index contributed by atoms with van der Waals surface area (Å²) in [6, 6.07) is 4.39. The Morgan fingerprint density at radius 3 is 1.98 bits per heavy atom. The Bertz CT molecular complexity index is 1370. The molecular weight excluding hydrogens is 694 g/mol. The molecule has 9 atom stereocenters. The molecule has 0 saturated carbocycles. The Balaban J connectivity index is 2.29. The van der Waals surface area contributed by atoms with Gasteiger partial charge in [0, 0.05) is 40.5 Å². The van der Waals surface area contributed by atoms with Crippen LogP contribution in [0.3, 0.4) is 0 Å². The molecule has 1 aromatic carbocycles. The van der Waals surface area contributed by atoms with Gasteiger partial charge in [0.25, 0.3) is 0 Å². The number of methoxy groups -OCH3 is 4. The molecule has 3 N–H and O–H groups in total. The van der Waals surface area contributed by atoms with Crippen molar-refractivity contribution in [1.82, 2.24) is 25.8 Å². The fourth-order valence-electron chi connectivity index (χ4n) is 7.41. The van der Waals surface area contributed by atoms with Crippen LogP contribution in [0.5, 0.6) is 5.75 Å². The standard InChI is InChI=1S/C40H67N5O9/c1-14-25(6)36(44(9)40(50)35(24(4)5)43-39(49)34(41-8)23(2)3)32(53-12)20-33(47)45-22-29(52-11)19-30(45)37(54-13)26(7)38(48)42-21-31(46)27-15-17-28(51-10)18-16-27/h15-18,23-26,29-30,32,34-37,41H,14,19-22H2,1-13H3,(H,42,48)(H,43,49)/t25-,26+,29+,30-,32+,34-,35-,36?,37+/m0/s1. The van der Waals surface area contributed by atoms with Gasteiger partial charge < -0.3 is 44.7 Å². The van der Waals surface area contributed by atoms with Crippen molar-refractivity contribution in [3.63, 3.8) is 0 Å². The number of amides is 4. The average molecular weight is 762 g/mol. The van der Waals surface area contributed by atoms with Crippen molar-refractivity contribution < 1.29 is 42.9 Å². The Hall–Kier alpha value is -3.59. The minimum atomic E-state index is -0.788. The van der Waals surface area contributed by atoms with Gasteiger partial charge in [-0.25, -0.2) is 0 Å². The molecule has 306 valence electrons. The summed E-state index contributed by atoms with van der Waals surface area (Å²) in [5, 5.41) is 8.75. The molecule has 0 aliphatic carbocycles. The molecule has 1 aliphatic heterocycles. The summed E-state index contributed by atoms with van der Waals surface area (Å²) in [5.74, 6) is -1.72. The number of carbonyl (C=O) groups excluding carboxylic acids is 5. The summed E-state index contributed by atoms with van der Waals surface area (Å²) in [7, 11) is 9.58. The highest BCUT2D eigenvalue weighted by Crippen LogP contribution is 2.31. The highest BCUT2D eigenvalue weighted by Gasteiger charge is 2.45. The Labute approximate surface area is 322 Å². The highest BCUT2D eigenvalue weighted by molar-refractivity contribution is 5.99. The predicted octanol–water partition coefficient (Wildman–Crippen LogP) is 2.92. The number of likely N-dealkylation sites (tertiary alicyclic amines) is 1. The normalized spacial score (nSPS) is 19.7. The highest BCUT2D eigenvalue weighted by atomic mass is 16.5. The maximum Gasteiger partial charge on any atom is 0.245 e. The van der Waals surface area contributed by atoms with Crippen LogP contribution in [-0.4, -0.2) is 137 Å². The van der Waals surface area contributed by atoms with Crippen LogP contribution in [0.1, 0.15) is 78.1 Å². The molecule has 14 nitrogen and oxygen atoms in total. The van der Waals surface area contributed by atoms with E-state index in [0.717, 1.165) is 0 Å². The van der Waals surface area contributed by atoms with Crippen LogP contribution < -0.4 is 20.7 Å². The lowest BCUT2D eigenvalue weighted by Gasteiger charge is -2.41. The number of carbonyl (C=O) groups is 5. The molecule has 0 spiro atoms. The first-order chi connectivity index (χ1) is 25.5. The van der Waals surface area contributed by atoms with Crippen LogP contribution in [0.2, 0.25) is 0 Å². The van der Waals surface area contributed by atoms with E-state index in [1.165, 1.54) is 14.2 Å². The first-order valence-corrected chi connectivity index (χ1v) is 19.1. The maximum atomic E-state index is 14.3. The van der Waals surface area contributed by atoms with Gasteiger partial charge in [-0.1, -0.05) is 54.9 Å². The molecule has 1 aromatic rings. The maximum absolute atomic E-state index is 14.3. The molecule has 1 aliphatic rings. The number of nitrogens with one attached hydrogen (secondary N) is 3. The van der Waals surface area contributed by atoms with Gasteiger partial charge in [0.1, 0.15) is 11.8 Å². The summed E-state index contributed by atoms with van der Waals surface area (Å²) in [5.41, 5.74) is 0.441. The zero-order chi connectivity index (χ0) is 40.9. The molecule has 2 rings (SSSR count). The van der Waals surface area contributed by atoms with Crippen LogP contribution in [0.15, 0.2) is 24.3 Å². The van der Waals surface area contributed by atoms with Crippen molar-refractivity contribution >= 4 is 29.4 Å². The molecule has 0 radical (unpaired) electrons. The molecule has 0 bridgehead atoms. The van der Waals surface area contributed by atoms with Crippen LogP contribution >= 0.6 is 0 Å². The number of hydrogen-bond acceptors (Lipinski definition) is 10. The lowest BCUT2D eigenvalue weighted by atomic mass is 9.89. The molecule has 1 saturated heterocycles. The average Bonchev–Trinajstić information content (AvgIpc) is 3.59. The molecule has 1 fully saturated rings. The van der Waals surface area contributed by atoms with E-state index >= 15 is 0 Å². The Morgan fingerprint density at radius 2 is 1.50 bits per heavy atom. The Kier molecular flexibility index (Phi) is 19.0. The molecule has 1 heterocycles. The topological polar surface area (TPSA) is 165 Å². The zero-order valence-electron chi connectivity index (χ0n) is 34.8. The summed E-state index contributed by atoms with van der Waals surface area (Å²) in [6.07, 6.45) is -0.573. The molecular formula is C40H67N5O9. The van der Waals surface area contributed by atoms with Gasteiger partial charge >= 0.3 is 0 Å². The second-order valence-electron chi connectivity index (χ2n) is 15.1. The van der Waals surface area contributed by atoms with Crippen molar-refractivity contribution in [3.05, 3.63) is 29.8 Å². The van der Waals surface area contributed by atoms with Gasteiger partial charge in [0.2, 0.25) is 23.6 Å². The third-order valence-corrected chi connectivity index (χ3v) is 10.9. The molecule has 1 unspecified atom stereocenters. The summed E-state index contributed by atoms with van der Waals surface area (Å²) in [4.78, 5) is 71.2. The van der Waals surface area contributed by atoms with Crippen molar-refractivity contribution in [2.24, 2.45) is 23.7 Å². The molecule has 14 heteroatoms. The van der Waals surface area contributed by atoms with Gasteiger partial charge in [0.05, 0.1) is 62.4 Å². The molecule has 0 aromatic heterocycles. The number of hydrogen-bond donors (Lipinski definition) is 3. The number of ether oxygens (including phenoxy) is 4. The quantitative estimate of drug-likeness (QED) is 0.150. The van der Waals surface area contributed by atoms with E-state index < -0.39 is 42.3 Å². The zero-order valence-corrected chi connectivity index (χ0v) is 34.8. The predicted molar refractivity (Wildman–Crippen MR) is 207 cm³/mol. The minimum Gasteiger partial charge on any atom is -0.497 e. The summed E-state index contributed by atoms with van der Waals surface area (Å²) in [6.45, 7) is 13.5. The third kappa shape index (κ3) is 12.0. The van der Waals surface area contributed by atoms with E-state index in [0.29, 0.717) is 24.2 Å². The smallest absolute Gasteiger partial charge is 0.245 e. The fraction of sp³-hybridized carbons (Fsp3) is 0.725. The lowest BCUT2D eigenvalue weighted by Crippen LogP contribution is -2.59. The number of likely N-dealkylation sites (N-methyl/N-ethyl adjacent to an activating group) is 2. The minimum absolute atomic E-state index is 0.0175. The Morgan fingerprint density at radius 1 is 0.889 bits per heavy atom. The van der Waals surface area contributed by atoms with Gasteiger partial charge in [-0.05, 0) is 55.5 Å². The van der Waals surface area contributed by atoms with E-state index in [2.05, 4.69) is 16.0 Å². The number of Topliss-reactive ketones (excluding diaryl/α,β-unsaturated/α-hetero) is 1. The molecule has 54 heavy (non-hydrogen) atoms. The molecule has 4 amide bonds. The number of benzene rings is 1. The van der Waals surface area contributed by atoms with Crippen molar-refractivity contribution in [3.8, 4) is 5.75 Å².